The number of likely N-dealkylation sites (tertiary alicyclic amines) is 1. The van der Waals surface area contributed by atoms with Gasteiger partial charge in [0, 0.05) is 18.7 Å². The molecule has 1 heterocycles. The average Bonchev–Trinajstić information content (AvgIpc) is 2.45. The van der Waals surface area contributed by atoms with Gasteiger partial charge in [-0.05, 0) is 31.9 Å². The lowest BCUT2D eigenvalue weighted by Gasteiger charge is -2.30. The van der Waals surface area contributed by atoms with E-state index in [2.05, 4.69) is 11.8 Å². The molecule has 3 N–H and O–H groups in total. The number of nitrogens with two attached hydrogens (primary N) is 1. The number of amides is 1. The minimum atomic E-state index is -0.420. The van der Waals surface area contributed by atoms with Gasteiger partial charge in [-0.1, -0.05) is 23.5 Å². The molecule has 0 spiro atoms. The zero-order chi connectivity index (χ0) is 14.5. The van der Waals surface area contributed by atoms with Crippen molar-refractivity contribution in [1.82, 2.24) is 4.90 Å². The predicted molar refractivity (Wildman–Crippen MR) is 78.3 cm³/mol. The summed E-state index contributed by atoms with van der Waals surface area (Å²) in [5.41, 5.74) is 7.71. The number of piperidine rings is 1. The number of hydrogen-bond donors (Lipinski definition) is 2. The molecule has 1 aliphatic rings. The maximum atomic E-state index is 12.6. The number of aliphatic hydroxyl groups excluding tert-OH is 1. The molecular weight excluding hydrogens is 252 g/mol. The standard InChI is InChI=1S/C16H20N2O2/c1-12-6-7-13(4-2-8-17)15(10-12)16(20)18-9-3-5-14(19)11-18/h6-7,10,14,19H,3,5,8-9,11,17H2,1H3. The molecule has 106 valence electrons. The van der Waals surface area contributed by atoms with Crippen LogP contribution in [0.4, 0.5) is 0 Å². The first-order valence-electron chi connectivity index (χ1n) is 6.88. The smallest absolute Gasteiger partial charge is 0.255 e. The van der Waals surface area contributed by atoms with Crippen LogP contribution in [0, 0.1) is 18.8 Å². The molecule has 1 aliphatic heterocycles. The van der Waals surface area contributed by atoms with Crippen molar-refractivity contribution in [2.24, 2.45) is 5.73 Å². The fourth-order valence-electron chi connectivity index (χ4n) is 2.40. The van der Waals surface area contributed by atoms with E-state index < -0.39 is 6.10 Å². The van der Waals surface area contributed by atoms with Gasteiger partial charge in [-0.15, -0.1) is 0 Å². The highest BCUT2D eigenvalue weighted by Crippen LogP contribution is 2.17. The zero-order valence-corrected chi connectivity index (χ0v) is 11.7. The van der Waals surface area contributed by atoms with E-state index in [9.17, 15) is 9.90 Å². The summed E-state index contributed by atoms with van der Waals surface area (Å²) in [6, 6.07) is 5.64. The van der Waals surface area contributed by atoms with Crippen LogP contribution >= 0.6 is 0 Å². The Hall–Kier alpha value is -1.83. The molecule has 0 bridgehead atoms. The highest BCUT2D eigenvalue weighted by molar-refractivity contribution is 5.97. The normalized spacial score (nSPS) is 18.4. The van der Waals surface area contributed by atoms with E-state index in [0.717, 1.165) is 18.4 Å². The number of carbonyl (C=O) groups is 1. The Morgan fingerprint density at radius 1 is 1.55 bits per heavy atom. The van der Waals surface area contributed by atoms with Gasteiger partial charge < -0.3 is 15.7 Å². The van der Waals surface area contributed by atoms with E-state index in [0.29, 0.717) is 24.2 Å². The van der Waals surface area contributed by atoms with Crippen LogP contribution in [-0.2, 0) is 0 Å². The maximum Gasteiger partial charge on any atom is 0.255 e. The molecule has 4 nitrogen and oxygen atoms in total. The molecule has 1 amide bonds. The molecule has 1 saturated heterocycles. The van der Waals surface area contributed by atoms with Crippen molar-refractivity contribution in [2.45, 2.75) is 25.9 Å². The molecular formula is C16H20N2O2. The summed E-state index contributed by atoms with van der Waals surface area (Å²) in [4.78, 5) is 14.3. The van der Waals surface area contributed by atoms with E-state index in [1.165, 1.54) is 0 Å². The Labute approximate surface area is 119 Å². The highest BCUT2D eigenvalue weighted by atomic mass is 16.3. The molecule has 2 rings (SSSR count). The molecule has 1 fully saturated rings. The third kappa shape index (κ3) is 3.38. The van der Waals surface area contributed by atoms with Crippen LogP contribution in [0.3, 0.4) is 0 Å². The zero-order valence-electron chi connectivity index (χ0n) is 11.7. The minimum Gasteiger partial charge on any atom is -0.391 e. The maximum absolute atomic E-state index is 12.6. The third-order valence-corrected chi connectivity index (χ3v) is 3.41. The number of aryl methyl sites for hydroxylation is 1. The summed E-state index contributed by atoms with van der Waals surface area (Å²) in [7, 11) is 0. The molecule has 1 aromatic rings. The van der Waals surface area contributed by atoms with E-state index >= 15 is 0 Å². The second kappa shape index (κ2) is 6.56. The van der Waals surface area contributed by atoms with Crippen LogP contribution in [0.15, 0.2) is 18.2 Å². The Balaban J connectivity index is 2.30. The third-order valence-electron chi connectivity index (χ3n) is 3.41. The number of benzene rings is 1. The molecule has 0 radical (unpaired) electrons. The molecule has 0 aromatic heterocycles. The van der Waals surface area contributed by atoms with Crippen molar-refractivity contribution >= 4 is 5.91 Å². The molecule has 4 heteroatoms. The Bertz CT molecular complexity index is 557. The summed E-state index contributed by atoms with van der Waals surface area (Å²) in [6.07, 6.45) is 1.18. The van der Waals surface area contributed by atoms with Gasteiger partial charge in [0.25, 0.3) is 5.91 Å². The summed E-state index contributed by atoms with van der Waals surface area (Å²) in [5.74, 6) is 5.67. The van der Waals surface area contributed by atoms with Crippen LogP contribution in [0.25, 0.3) is 0 Å². The van der Waals surface area contributed by atoms with Crippen LogP contribution in [0.1, 0.15) is 34.3 Å². The van der Waals surface area contributed by atoms with Crippen molar-refractivity contribution in [3.63, 3.8) is 0 Å². The number of hydrogen-bond acceptors (Lipinski definition) is 3. The van der Waals surface area contributed by atoms with E-state index in [-0.39, 0.29) is 12.5 Å². The SMILES string of the molecule is Cc1ccc(C#CCN)c(C(=O)N2CCCC(O)C2)c1. The first kappa shape index (κ1) is 14.6. The fourth-order valence-corrected chi connectivity index (χ4v) is 2.40. The van der Waals surface area contributed by atoms with Crippen molar-refractivity contribution in [1.29, 1.82) is 0 Å². The second-order valence-corrected chi connectivity index (χ2v) is 5.10. The molecule has 0 aliphatic carbocycles. The van der Waals surface area contributed by atoms with Gasteiger partial charge >= 0.3 is 0 Å². The number of nitrogens with zero attached hydrogens (tertiary/aromatic N) is 1. The van der Waals surface area contributed by atoms with Crippen molar-refractivity contribution in [3.8, 4) is 11.8 Å². The molecule has 0 saturated carbocycles. The van der Waals surface area contributed by atoms with Crippen molar-refractivity contribution < 1.29 is 9.90 Å². The number of aliphatic hydroxyl groups is 1. The molecule has 20 heavy (non-hydrogen) atoms. The lowest BCUT2D eigenvalue weighted by atomic mass is 10.0. The van der Waals surface area contributed by atoms with Crippen LogP contribution < -0.4 is 5.73 Å². The summed E-state index contributed by atoms with van der Waals surface area (Å²) >= 11 is 0. The lowest BCUT2D eigenvalue weighted by Crippen LogP contribution is -2.42. The van der Waals surface area contributed by atoms with Gasteiger partial charge in [-0.2, -0.15) is 0 Å². The monoisotopic (exact) mass is 272 g/mol. The van der Waals surface area contributed by atoms with Gasteiger partial charge in [0.2, 0.25) is 0 Å². The summed E-state index contributed by atoms with van der Waals surface area (Å²) in [5, 5.41) is 9.70. The van der Waals surface area contributed by atoms with Crippen molar-refractivity contribution in [2.75, 3.05) is 19.6 Å². The molecule has 1 aromatic carbocycles. The van der Waals surface area contributed by atoms with Gasteiger partial charge in [0.15, 0.2) is 0 Å². The lowest BCUT2D eigenvalue weighted by molar-refractivity contribution is 0.0473. The molecule has 1 unspecified atom stereocenters. The van der Waals surface area contributed by atoms with Crippen LogP contribution in [0.5, 0.6) is 0 Å². The summed E-state index contributed by atoms with van der Waals surface area (Å²) < 4.78 is 0. The topological polar surface area (TPSA) is 66.6 Å². The summed E-state index contributed by atoms with van der Waals surface area (Å²) in [6.45, 7) is 3.30. The van der Waals surface area contributed by atoms with Crippen LogP contribution in [0.2, 0.25) is 0 Å². The Kier molecular flexibility index (Phi) is 4.78. The van der Waals surface area contributed by atoms with Crippen molar-refractivity contribution in [3.05, 3.63) is 34.9 Å². The first-order chi connectivity index (χ1) is 9.61. The first-order valence-corrected chi connectivity index (χ1v) is 6.88. The average molecular weight is 272 g/mol. The Morgan fingerprint density at radius 3 is 3.05 bits per heavy atom. The number of β-amino-alcohol motifs (C(OH)–C–C–N with tert-alkyl or cyclic N) is 1. The van der Waals surface area contributed by atoms with Gasteiger partial charge in [0.05, 0.1) is 18.2 Å². The highest BCUT2D eigenvalue weighted by Gasteiger charge is 2.24. The second-order valence-electron chi connectivity index (χ2n) is 5.10. The quantitative estimate of drug-likeness (QED) is 0.747. The number of rotatable bonds is 1. The Morgan fingerprint density at radius 2 is 2.35 bits per heavy atom. The van der Waals surface area contributed by atoms with E-state index in [1.54, 1.807) is 4.90 Å². The van der Waals surface area contributed by atoms with Gasteiger partial charge in [0.1, 0.15) is 0 Å². The number of carbonyl (C=O) groups excluding carboxylic acids is 1. The fraction of sp³-hybridized carbons (Fsp3) is 0.438. The van der Waals surface area contributed by atoms with Crippen LogP contribution in [-0.4, -0.2) is 41.7 Å². The molecule has 1 atom stereocenters. The minimum absolute atomic E-state index is 0.0613. The van der Waals surface area contributed by atoms with E-state index in [1.807, 2.05) is 25.1 Å². The largest absolute Gasteiger partial charge is 0.391 e. The van der Waals surface area contributed by atoms with E-state index in [4.69, 9.17) is 5.73 Å². The van der Waals surface area contributed by atoms with Gasteiger partial charge in [-0.3, -0.25) is 4.79 Å². The van der Waals surface area contributed by atoms with Gasteiger partial charge in [-0.25, -0.2) is 0 Å². The predicted octanol–water partition coefficient (Wildman–Crippen LogP) is 0.902.